The highest BCUT2D eigenvalue weighted by Gasteiger charge is 2.13. The number of esters is 1. The predicted octanol–water partition coefficient (Wildman–Crippen LogP) is 3.69. The third kappa shape index (κ3) is 10.6. The third-order valence-corrected chi connectivity index (χ3v) is 3.19. The van der Waals surface area contributed by atoms with Gasteiger partial charge >= 0.3 is 5.97 Å². The van der Waals surface area contributed by atoms with E-state index in [1.807, 2.05) is 6.92 Å². The molecule has 1 unspecified atom stereocenters. The predicted molar refractivity (Wildman–Crippen MR) is 74.4 cm³/mol. The summed E-state index contributed by atoms with van der Waals surface area (Å²) in [5.41, 5.74) is 0. The van der Waals surface area contributed by atoms with Crippen LogP contribution in [0.2, 0.25) is 0 Å². The smallest absolute Gasteiger partial charge is 0.308 e. The number of hydrogen-bond acceptors (Lipinski definition) is 3. The zero-order valence-electron chi connectivity index (χ0n) is 12.1. The maximum atomic E-state index is 11.6. The first kappa shape index (κ1) is 17.4. The molecule has 0 aromatic carbocycles. The fraction of sp³-hybridized carbons (Fsp3) is 0.933. The second kappa shape index (κ2) is 12.9. The van der Waals surface area contributed by atoms with E-state index in [2.05, 4.69) is 6.92 Å². The van der Waals surface area contributed by atoms with Gasteiger partial charge in [-0.25, -0.2) is 0 Å². The van der Waals surface area contributed by atoms with Gasteiger partial charge in [-0.05, 0) is 25.7 Å². The van der Waals surface area contributed by atoms with E-state index in [-0.39, 0.29) is 18.5 Å². The van der Waals surface area contributed by atoms with Crippen LogP contribution < -0.4 is 0 Å². The van der Waals surface area contributed by atoms with Crippen LogP contribution in [0.1, 0.15) is 71.6 Å². The minimum absolute atomic E-state index is 0.0410. The Hall–Kier alpha value is -0.570. The molecule has 1 atom stereocenters. The van der Waals surface area contributed by atoms with Gasteiger partial charge in [0.25, 0.3) is 0 Å². The van der Waals surface area contributed by atoms with Gasteiger partial charge in [0.15, 0.2) is 0 Å². The molecule has 18 heavy (non-hydrogen) atoms. The summed E-state index contributed by atoms with van der Waals surface area (Å²) >= 11 is 0. The van der Waals surface area contributed by atoms with Crippen molar-refractivity contribution in [3.63, 3.8) is 0 Å². The minimum Gasteiger partial charge on any atom is -0.465 e. The quantitative estimate of drug-likeness (QED) is 0.429. The minimum atomic E-state index is -0.0475. The Morgan fingerprint density at radius 1 is 1.06 bits per heavy atom. The molecule has 0 heterocycles. The number of rotatable bonds is 12. The van der Waals surface area contributed by atoms with Crippen molar-refractivity contribution < 1.29 is 14.6 Å². The Morgan fingerprint density at radius 2 is 1.72 bits per heavy atom. The van der Waals surface area contributed by atoms with Crippen LogP contribution in [0.4, 0.5) is 0 Å². The molecular weight excluding hydrogens is 228 g/mol. The lowest BCUT2D eigenvalue weighted by molar-refractivity contribution is -0.148. The van der Waals surface area contributed by atoms with Crippen LogP contribution in [0.5, 0.6) is 0 Å². The van der Waals surface area contributed by atoms with Crippen molar-refractivity contribution >= 4 is 5.97 Å². The normalized spacial score (nSPS) is 12.4. The number of aliphatic hydroxyl groups is 1. The Morgan fingerprint density at radius 3 is 2.39 bits per heavy atom. The topological polar surface area (TPSA) is 46.5 Å². The van der Waals surface area contributed by atoms with Crippen molar-refractivity contribution in [2.75, 3.05) is 13.2 Å². The van der Waals surface area contributed by atoms with E-state index in [4.69, 9.17) is 9.84 Å². The van der Waals surface area contributed by atoms with Crippen molar-refractivity contribution in [1.82, 2.24) is 0 Å². The molecule has 0 radical (unpaired) electrons. The summed E-state index contributed by atoms with van der Waals surface area (Å²) in [6.45, 7) is 4.94. The van der Waals surface area contributed by atoms with Crippen molar-refractivity contribution in [1.29, 1.82) is 0 Å². The molecule has 0 aliphatic carbocycles. The van der Waals surface area contributed by atoms with Crippen molar-refractivity contribution in [2.45, 2.75) is 71.6 Å². The first-order valence-electron chi connectivity index (χ1n) is 7.49. The lowest BCUT2D eigenvalue weighted by Gasteiger charge is -2.11. The first-order chi connectivity index (χ1) is 8.72. The fourth-order valence-electron chi connectivity index (χ4n) is 1.88. The largest absolute Gasteiger partial charge is 0.465 e. The Kier molecular flexibility index (Phi) is 12.5. The lowest BCUT2D eigenvalue weighted by Crippen LogP contribution is -2.15. The average molecular weight is 258 g/mol. The molecule has 3 nitrogen and oxygen atoms in total. The van der Waals surface area contributed by atoms with Gasteiger partial charge < -0.3 is 9.84 Å². The van der Waals surface area contributed by atoms with Crippen LogP contribution in [-0.2, 0) is 9.53 Å². The molecule has 0 saturated heterocycles. The lowest BCUT2D eigenvalue weighted by atomic mass is 10.0. The molecule has 3 heteroatoms. The summed E-state index contributed by atoms with van der Waals surface area (Å²) in [7, 11) is 0. The number of carbonyl (C=O) groups excluding carboxylic acids is 1. The van der Waals surface area contributed by atoms with Crippen LogP contribution >= 0.6 is 0 Å². The Balaban J connectivity index is 3.38. The highest BCUT2D eigenvalue weighted by atomic mass is 16.5. The summed E-state index contributed by atoms with van der Waals surface area (Å²) in [4.78, 5) is 11.6. The Bertz CT molecular complexity index is 192. The molecule has 0 amide bonds. The zero-order valence-corrected chi connectivity index (χ0v) is 12.1. The number of ether oxygens (including phenoxy) is 1. The second-order valence-corrected chi connectivity index (χ2v) is 5.06. The molecule has 0 aromatic heterocycles. The summed E-state index contributed by atoms with van der Waals surface area (Å²) in [5, 5.41) is 8.62. The molecule has 0 aliphatic heterocycles. The highest BCUT2D eigenvalue weighted by molar-refractivity contribution is 5.71. The standard InChI is InChI=1S/C15H30O3/c1-3-4-5-8-11-14(2)15(17)18-13-10-7-6-9-12-16/h14,16H,3-13H2,1-2H3. The van der Waals surface area contributed by atoms with E-state index in [1.54, 1.807) is 0 Å². The second-order valence-electron chi connectivity index (χ2n) is 5.06. The van der Waals surface area contributed by atoms with Crippen LogP contribution in [-0.4, -0.2) is 24.3 Å². The van der Waals surface area contributed by atoms with Gasteiger partial charge in [0.05, 0.1) is 12.5 Å². The highest BCUT2D eigenvalue weighted by Crippen LogP contribution is 2.12. The summed E-state index contributed by atoms with van der Waals surface area (Å²) in [6.07, 6.45) is 9.58. The average Bonchev–Trinajstić information content (AvgIpc) is 2.38. The van der Waals surface area contributed by atoms with Gasteiger partial charge in [-0.3, -0.25) is 4.79 Å². The first-order valence-corrected chi connectivity index (χ1v) is 7.49. The number of carbonyl (C=O) groups is 1. The number of unbranched alkanes of at least 4 members (excludes halogenated alkanes) is 6. The van der Waals surface area contributed by atoms with Crippen LogP contribution in [0.25, 0.3) is 0 Å². The van der Waals surface area contributed by atoms with Crippen LogP contribution in [0.3, 0.4) is 0 Å². The van der Waals surface area contributed by atoms with E-state index in [0.717, 1.165) is 38.5 Å². The maximum Gasteiger partial charge on any atom is 0.308 e. The molecule has 0 bridgehead atoms. The van der Waals surface area contributed by atoms with Gasteiger partial charge in [0, 0.05) is 6.61 Å². The van der Waals surface area contributed by atoms with Crippen LogP contribution in [0.15, 0.2) is 0 Å². The van der Waals surface area contributed by atoms with Gasteiger partial charge in [0.1, 0.15) is 0 Å². The van der Waals surface area contributed by atoms with Gasteiger partial charge in [0.2, 0.25) is 0 Å². The molecule has 108 valence electrons. The zero-order chi connectivity index (χ0) is 13.6. The third-order valence-electron chi connectivity index (χ3n) is 3.19. The molecule has 0 fully saturated rings. The van der Waals surface area contributed by atoms with Crippen molar-refractivity contribution in [2.24, 2.45) is 5.92 Å². The van der Waals surface area contributed by atoms with E-state index in [9.17, 15) is 4.79 Å². The van der Waals surface area contributed by atoms with E-state index in [0.29, 0.717) is 6.61 Å². The molecule has 0 saturated carbocycles. The molecule has 0 rings (SSSR count). The fourth-order valence-corrected chi connectivity index (χ4v) is 1.88. The Labute approximate surface area is 112 Å². The number of hydrogen-bond donors (Lipinski definition) is 1. The van der Waals surface area contributed by atoms with Gasteiger partial charge in [-0.1, -0.05) is 46.0 Å². The maximum absolute atomic E-state index is 11.6. The SMILES string of the molecule is CCCCCCC(C)C(=O)OCCCCCCO. The molecule has 0 aromatic rings. The summed E-state index contributed by atoms with van der Waals surface area (Å²) in [5.74, 6) is -0.00652. The van der Waals surface area contributed by atoms with Crippen molar-refractivity contribution in [3.05, 3.63) is 0 Å². The van der Waals surface area contributed by atoms with Gasteiger partial charge in [-0.15, -0.1) is 0 Å². The van der Waals surface area contributed by atoms with Gasteiger partial charge in [-0.2, -0.15) is 0 Å². The van der Waals surface area contributed by atoms with E-state index < -0.39 is 0 Å². The molecular formula is C15H30O3. The number of aliphatic hydroxyl groups excluding tert-OH is 1. The monoisotopic (exact) mass is 258 g/mol. The van der Waals surface area contributed by atoms with E-state index in [1.165, 1.54) is 19.3 Å². The van der Waals surface area contributed by atoms with E-state index >= 15 is 0 Å². The molecule has 0 aliphatic rings. The molecule has 1 N–H and O–H groups in total. The van der Waals surface area contributed by atoms with Crippen molar-refractivity contribution in [3.8, 4) is 0 Å². The summed E-state index contributed by atoms with van der Waals surface area (Å²) < 4.78 is 5.24. The molecule has 0 spiro atoms. The summed E-state index contributed by atoms with van der Waals surface area (Å²) in [6, 6.07) is 0. The van der Waals surface area contributed by atoms with Crippen LogP contribution in [0, 0.1) is 5.92 Å².